The number of hydrogen-bond acceptors (Lipinski definition) is 3. The number of furan rings is 1. The van der Waals surface area contributed by atoms with Crippen LogP contribution in [0.25, 0.3) is 5.52 Å². The van der Waals surface area contributed by atoms with Gasteiger partial charge in [0.05, 0.1) is 23.7 Å². The van der Waals surface area contributed by atoms with Crippen molar-refractivity contribution in [2.45, 2.75) is 12.8 Å². The highest BCUT2D eigenvalue weighted by atomic mass is 16.3. The van der Waals surface area contributed by atoms with Crippen molar-refractivity contribution < 1.29 is 4.42 Å². The summed E-state index contributed by atoms with van der Waals surface area (Å²) in [4.78, 5) is 4.46. The van der Waals surface area contributed by atoms with Crippen molar-refractivity contribution in [2.75, 3.05) is 12.4 Å². The molecule has 3 rings (SSSR count). The van der Waals surface area contributed by atoms with Crippen molar-refractivity contribution in [1.29, 1.82) is 0 Å². The van der Waals surface area contributed by atoms with Gasteiger partial charge in [-0.2, -0.15) is 0 Å². The lowest BCUT2D eigenvalue weighted by Gasteiger charge is -2.04. The second-order valence-electron chi connectivity index (χ2n) is 4.22. The SMILES string of the molecule is CNc1ccc2cnc(CCc3ccco3)n2c1. The van der Waals surface area contributed by atoms with Crippen LogP contribution in [-0.4, -0.2) is 16.4 Å². The second-order valence-corrected chi connectivity index (χ2v) is 4.22. The van der Waals surface area contributed by atoms with Crippen LogP contribution in [0.3, 0.4) is 0 Å². The highest BCUT2D eigenvalue weighted by molar-refractivity contribution is 5.53. The van der Waals surface area contributed by atoms with Crippen molar-refractivity contribution in [2.24, 2.45) is 0 Å². The lowest BCUT2D eigenvalue weighted by Crippen LogP contribution is -1.99. The van der Waals surface area contributed by atoms with Gasteiger partial charge in [-0.3, -0.25) is 0 Å². The van der Waals surface area contributed by atoms with E-state index in [2.05, 4.69) is 27.0 Å². The number of rotatable bonds is 4. The number of pyridine rings is 1. The Hall–Kier alpha value is -2.23. The summed E-state index contributed by atoms with van der Waals surface area (Å²) in [6, 6.07) is 8.02. The van der Waals surface area contributed by atoms with Gasteiger partial charge in [0.1, 0.15) is 11.6 Å². The largest absolute Gasteiger partial charge is 0.469 e. The summed E-state index contributed by atoms with van der Waals surface area (Å²) in [6.07, 6.45) is 7.42. The molecule has 1 N–H and O–H groups in total. The number of fused-ring (bicyclic) bond motifs is 1. The van der Waals surface area contributed by atoms with Crippen LogP contribution in [-0.2, 0) is 12.8 Å². The number of nitrogens with zero attached hydrogens (tertiary/aromatic N) is 2. The zero-order valence-electron chi connectivity index (χ0n) is 10.3. The van der Waals surface area contributed by atoms with Crippen LogP contribution in [0.15, 0.2) is 47.3 Å². The first-order chi connectivity index (χ1) is 8.86. The van der Waals surface area contributed by atoms with Crippen LogP contribution in [0.5, 0.6) is 0 Å². The molecule has 18 heavy (non-hydrogen) atoms. The third kappa shape index (κ3) is 1.97. The molecule has 0 aliphatic heterocycles. The lowest BCUT2D eigenvalue weighted by molar-refractivity contribution is 0.506. The van der Waals surface area contributed by atoms with Gasteiger partial charge in [0, 0.05) is 26.1 Å². The van der Waals surface area contributed by atoms with Crippen molar-refractivity contribution >= 4 is 11.2 Å². The molecule has 4 nitrogen and oxygen atoms in total. The van der Waals surface area contributed by atoms with Gasteiger partial charge >= 0.3 is 0 Å². The minimum Gasteiger partial charge on any atom is -0.469 e. The Morgan fingerprint density at radius 3 is 3.00 bits per heavy atom. The number of aromatic nitrogens is 2. The smallest absolute Gasteiger partial charge is 0.113 e. The summed E-state index contributed by atoms with van der Waals surface area (Å²) in [6.45, 7) is 0. The van der Waals surface area contributed by atoms with Crippen molar-refractivity contribution in [3.05, 3.63) is 54.5 Å². The number of imidazole rings is 1. The molecule has 3 heterocycles. The highest BCUT2D eigenvalue weighted by Gasteiger charge is 2.05. The van der Waals surface area contributed by atoms with E-state index in [4.69, 9.17) is 4.42 Å². The quantitative estimate of drug-likeness (QED) is 0.763. The maximum Gasteiger partial charge on any atom is 0.113 e. The van der Waals surface area contributed by atoms with E-state index in [0.717, 1.165) is 35.6 Å². The van der Waals surface area contributed by atoms with Crippen LogP contribution < -0.4 is 5.32 Å². The third-order valence-electron chi connectivity index (χ3n) is 3.07. The zero-order valence-corrected chi connectivity index (χ0v) is 10.3. The van der Waals surface area contributed by atoms with Gasteiger partial charge in [-0.1, -0.05) is 0 Å². The number of hydrogen-bond donors (Lipinski definition) is 1. The molecule has 0 atom stereocenters. The number of aryl methyl sites for hydroxylation is 2. The molecule has 0 amide bonds. The summed E-state index contributed by atoms with van der Waals surface area (Å²) in [5.74, 6) is 2.05. The molecule has 0 aromatic carbocycles. The molecule has 0 radical (unpaired) electrons. The van der Waals surface area contributed by atoms with Crippen molar-refractivity contribution in [3.63, 3.8) is 0 Å². The van der Waals surface area contributed by atoms with Gasteiger partial charge in [0.2, 0.25) is 0 Å². The number of anilines is 1. The molecule has 3 aromatic heterocycles. The van der Waals surface area contributed by atoms with Gasteiger partial charge in [0.15, 0.2) is 0 Å². The molecular formula is C14H15N3O. The van der Waals surface area contributed by atoms with E-state index in [1.54, 1.807) is 6.26 Å². The second kappa shape index (κ2) is 4.56. The Kier molecular flexibility index (Phi) is 2.76. The Bertz CT molecular complexity index is 640. The molecule has 0 fully saturated rings. The molecular weight excluding hydrogens is 226 g/mol. The van der Waals surface area contributed by atoms with E-state index in [9.17, 15) is 0 Å². The maximum atomic E-state index is 5.34. The number of nitrogens with one attached hydrogen (secondary N) is 1. The molecule has 0 saturated carbocycles. The molecule has 92 valence electrons. The molecule has 0 unspecified atom stereocenters. The van der Waals surface area contributed by atoms with Gasteiger partial charge in [-0.15, -0.1) is 0 Å². The van der Waals surface area contributed by atoms with Gasteiger partial charge in [-0.25, -0.2) is 4.98 Å². The summed E-state index contributed by atoms with van der Waals surface area (Å²) < 4.78 is 7.46. The van der Waals surface area contributed by atoms with E-state index in [-0.39, 0.29) is 0 Å². The standard InChI is InChI=1S/C14H15N3O/c1-15-11-4-5-12-9-16-14(17(12)10-11)7-6-13-3-2-8-18-13/h2-5,8-10,15H,6-7H2,1H3. The topological polar surface area (TPSA) is 42.5 Å². The lowest BCUT2D eigenvalue weighted by atomic mass is 10.2. The van der Waals surface area contributed by atoms with E-state index >= 15 is 0 Å². The fourth-order valence-electron chi connectivity index (χ4n) is 2.07. The minimum atomic E-state index is 0.870. The van der Waals surface area contributed by atoms with Gasteiger partial charge < -0.3 is 14.1 Å². The van der Waals surface area contributed by atoms with E-state index in [1.165, 1.54) is 0 Å². The predicted molar refractivity (Wildman–Crippen MR) is 70.9 cm³/mol. The van der Waals surface area contributed by atoms with Crippen LogP contribution in [0.4, 0.5) is 5.69 Å². The summed E-state index contributed by atoms with van der Waals surface area (Å²) in [5, 5.41) is 3.14. The Balaban J connectivity index is 1.87. The average molecular weight is 241 g/mol. The van der Waals surface area contributed by atoms with Gasteiger partial charge in [0.25, 0.3) is 0 Å². The van der Waals surface area contributed by atoms with Crippen molar-refractivity contribution in [1.82, 2.24) is 9.38 Å². The van der Waals surface area contributed by atoms with E-state index in [1.807, 2.05) is 31.4 Å². The highest BCUT2D eigenvalue weighted by Crippen LogP contribution is 2.14. The Labute approximate surface area is 105 Å². The fraction of sp³-hybridized carbons (Fsp3) is 0.214. The normalized spacial score (nSPS) is 10.9. The Morgan fingerprint density at radius 2 is 2.22 bits per heavy atom. The summed E-state index contributed by atoms with van der Waals surface area (Å²) in [5.41, 5.74) is 2.20. The van der Waals surface area contributed by atoms with Crippen LogP contribution in [0.1, 0.15) is 11.6 Å². The molecule has 0 aliphatic rings. The Morgan fingerprint density at radius 1 is 1.28 bits per heavy atom. The molecule has 0 saturated heterocycles. The molecule has 0 bridgehead atoms. The van der Waals surface area contributed by atoms with Crippen LogP contribution in [0, 0.1) is 0 Å². The third-order valence-corrected chi connectivity index (χ3v) is 3.07. The minimum absolute atomic E-state index is 0.870. The predicted octanol–water partition coefficient (Wildman–Crippen LogP) is 2.75. The van der Waals surface area contributed by atoms with Crippen molar-refractivity contribution in [3.8, 4) is 0 Å². The molecule has 0 aliphatic carbocycles. The van der Waals surface area contributed by atoms with Gasteiger partial charge in [-0.05, 0) is 24.3 Å². The molecule has 3 aromatic rings. The summed E-state index contributed by atoms with van der Waals surface area (Å²) in [7, 11) is 1.92. The van der Waals surface area contributed by atoms with Crippen LogP contribution in [0.2, 0.25) is 0 Å². The average Bonchev–Trinajstić information content (AvgIpc) is 3.05. The van der Waals surface area contributed by atoms with E-state index < -0.39 is 0 Å². The summed E-state index contributed by atoms with van der Waals surface area (Å²) >= 11 is 0. The fourth-order valence-corrected chi connectivity index (χ4v) is 2.07. The first-order valence-electron chi connectivity index (χ1n) is 6.03. The molecule has 0 spiro atoms. The zero-order chi connectivity index (χ0) is 12.4. The maximum absolute atomic E-state index is 5.34. The molecule has 4 heteroatoms. The van der Waals surface area contributed by atoms with Crippen LogP contribution >= 0.6 is 0 Å². The first-order valence-corrected chi connectivity index (χ1v) is 6.03. The monoisotopic (exact) mass is 241 g/mol. The van der Waals surface area contributed by atoms with E-state index in [0.29, 0.717) is 0 Å². The first kappa shape index (κ1) is 10.9.